The van der Waals surface area contributed by atoms with Crippen LogP contribution in [0.2, 0.25) is 5.02 Å². The lowest BCUT2D eigenvalue weighted by molar-refractivity contribution is 0.172. The van der Waals surface area contributed by atoms with E-state index in [4.69, 9.17) is 16.3 Å². The summed E-state index contributed by atoms with van der Waals surface area (Å²) in [6, 6.07) is 16.3. The molecule has 1 N–H and O–H groups in total. The van der Waals surface area contributed by atoms with E-state index in [-0.39, 0.29) is 12.1 Å². The van der Waals surface area contributed by atoms with Gasteiger partial charge in [0.05, 0.1) is 11.1 Å². The molecule has 2 aromatic carbocycles. The van der Waals surface area contributed by atoms with Crippen LogP contribution in [0.25, 0.3) is 0 Å². The van der Waals surface area contributed by atoms with Crippen LogP contribution in [0.15, 0.2) is 48.5 Å². The lowest BCUT2D eigenvalue weighted by atomic mass is 10.0. The molecular formula is C18H22ClNO. The number of benzene rings is 2. The number of nitrogens with one attached hydrogen (secondary N) is 1. The van der Waals surface area contributed by atoms with Crippen LogP contribution in [0.3, 0.4) is 0 Å². The van der Waals surface area contributed by atoms with Gasteiger partial charge in [0, 0.05) is 0 Å². The predicted octanol–water partition coefficient (Wildman–Crippen LogP) is 4.77. The largest absolute Gasteiger partial charge is 0.487 e. The third-order valence-electron chi connectivity index (χ3n) is 3.48. The van der Waals surface area contributed by atoms with Crippen LogP contribution in [0.5, 0.6) is 5.75 Å². The average molecular weight is 304 g/mol. The summed E-state index contributed by atoms with van der Waals surface area (Å²) in [5.74, 6) is 0.724. The minimum atomic E-state index is -0.0208. The van der Waals surface area contributed by atoms with Gasteiger partial charge in [-0.1, -0.05) is 60.5 Å². The first-order chi connectivity index (χ1) is 10.1. The number of hydrogen-bond acceptors (Lipinski definition) is 2. The fourth-order valence-corrected chi connectivity index (χ4v) is 2.54. The number of aryl methyl sites for hydroxylation is 1. The fourth-order valence-electron chi connectivity index (χ4n) is 2.36. The normalized spacial score (nSPS) is 13.7. The number of rotatable bonds is 6. The minimum Gasteiger partial charge on any atom is -0.487 e. The summed E-state index contributed by atoms with van der Waals surface area (Å²) in [5, 5.41) is 4.13. The molecule has 0 saturated heterocycles. The third kappa shape index (κ3) is 4.23. The second-order valence-corrected chi connectivity index (χ2v) is 5.61. The van der Waals surface area contributed by atoms with Gasteiger partial charge >= 0.3 is 0 Å². The highest BCUT2D eigenvalue weighted by atomic mass is 35.5. The minimum absolute atomic E-state index is 0.0208. The molecule has 2 atom stereocenters. The Bertz CT molecular complexity index is 568. The lowest BCUT2D eigenvalue weighted by Gasteiger charge is -2.26. The highest BCUT2D eigenvalue weighted by Crippen LogP contribution is 2.28. The third-order valence-corrected chi connectivity index (χ3v) is 3.79. The SMILES string of the molecule is CCNC(c1ccc(C)cc1)C(C)Oc1ccccc1Cl. The summed E-state index contributed by atoms with van der Waals surface area (Å²) in [4.78, 5) is 0. The Kier molecular flexibility index (Phi) is 5.66. The van der Waals surface area contributed by atoms with Crippen molar-refractivity contribution in [3.05, 3.63) is 64.7 Å². The molecule has 0 fully saturated rings. The number of ether oxygens (including phenoxy) is 1. The zero-order chi connectivity index (χ0) is 15.2. The Morgan fingerprint density at radius 3 is 2.38 bits per heavy atom. The molecule has 0 bridgehead atoms. The van der Waals surface area contributed by atoms with Gasteiger partial charge in [0.2, 0.25) is 0 Å². The topological polar surface area (TPSA) is 21.3 Å². The number of hydrogen-bond donors (Lipinski definition) is 1. The molecule has 0 radical (unpaired) electrons. The molecule has 3 heteroatoms. The first-order valence-corrected chi connectivity index (χ1v) is 7.70. The standard InChI is InChI=1S/C18H22ClNO/c1-4-20-18(15-11-9-13(2)10-12-15)14(3)21-17-8-6-5-7-16(17)19/h5-12,14,18,20H,4H2,1-3H3. The summed E-state index contributed by atoms with van der Waals surface area (Å²) in [5.41, 5.74) is 2.48. The van der Waals surface area contributed by atoms with Gasteiger partial charge in [-0.2, -0.15) is 0 Å². The molecule has 0 aliphatic heterocycles. The molecule has 0 saturated carbocycles. The van der Waals surface area contributed by atoms with Crippen molar-refractivity contribution < 1.29 is 4.74 Å². The average Bonchev–Trinajstić information content (AvgIpc) is 2.48. The highest BCUT2D eigenvalue weighted by molar-refractivity contribution is 6.32. The first kappa shape index (κ1) is 15.9. The van der Waals surface area contributed by atoms with Crippen molar-refractivity contribution in [3.8, 4) is 5.75 Å². The van der Waals surface area contributed by atoms with Crippen molar-refractivity contribution in [1.82, 2.24) is 5.32 Å². The Labute approximate surface area is 132 Å². The first-order valence-electron chi connectivity index (χ1n) is 7.33. The van der Waals surface area contributed by atoms with Crippen molar-refractivity contribution in [2.45, 2.75) is 32.9 Å². The van der Waals surface area contributed by atoms with Crippen LogP contribution in [0.4, 0.5) is 0 Å². The molecule has 0 amide bonds. The number of para-hydroxylation sites is 1. The summed E-state index contributed by atoms with van der Waals surface area (Å²) in [6.07, 6.45) is -0.0208. The molecule has 2 rings (SSSR count). The molecule has 21 heavy (non-hydrogen) atoms. The van der Waals surface area contributed by atoms with Crippen molar-refractivity contribution in [3.63, 3.8) is 0 Å². The van der Waals surface area contributed by atoms with Gasteiger partial charge in [-0.3, -0.25) is 0 Å². The maximum atomic E-state index is 6.17. The van der Waals surface area contributed by atoms with Crippen LogP contribution in [0.1, 0.15) is 31.0 Å². The Balaban J connectivity index is 2.17. The van der Waals surface area contributed by atoms with Gasteiger partial charge in [-0.25, -0.2) is 0 Å². The van der Waals surface area contributed by atoms with Crippen molar-refractivity contribution in [1.29, 1.82) is 0 Å². The van der Waals surface area contributed by atoms with E-state index < -0.39 is 0 Å². The highest BCUT2D eigenvalue weighted by Gasteiger charge is 2.20. The van der Waals surface area contributed by atoms with E-state index in [2.05, 4.69) is 50.4 Å². The summed E-state index contributed by atoms with van der Waals surface area (Å²) >= 11 is 6.17. The van der Waals surface area contributed by atoms with Gasteiger partial charge in [-0.15, -0.1) is 0 Å². The smallest absolute Gasteiger partial charge is 0.138 e. The Morgan fingerprint density at radius 1 is 1.10 bits per heavy atom. The Hall–Kier alpha value is -1.51. The molecule has 0 heterocycles. The summed E-state index contributed by atoms with van der Waals surface area (Å²) in [6.45, 7) is 7.14. The van der Waals surface area contributed by atoms with Crippen molar-refractivity contribution >= 4 is 11.6 Å². The van der Waals surface area contributed by atoms with E-state index in [1.807, 2.05) is 24.3 Å². The molecule has 2 aromatic rings. The van der Waals surface area contributed by atoms with Crippen LogP contribution in [0, 0.1) is 6.92 Å². The second-order valence-electron chi connectivity index (χ2n) is 5.20. The fraction of sp³-hybridized carbons (Fsp3) is 0.333. The molecule has 2 unspecified atom stereocenters. The van der Waals surface area contributed by atoms with Gasteiger partial charge < -0.3 is 10.1 Å². The van der Waals surface area contributed by atoms with E-state index in [0.717, 1.165) is 12.3 Å². The van der Waals surface area contributed by atoms with E-state index in [1.165, 1.54) is 11.1 Å². The van der Waals surface area contributed by atoms with Gasteiger partial charge in [0.15, 0.2) is 0 Å². The van der Waals surface area contributed by atoms with E-state index in [0.29, 0.717) is 5.02 Å². The van der Waals surface area contributed by atoms with Crippen molar-refractivity contribution in [2.24, 2.45) is 0 Å². The summed E-state index contributed by atoms with van der Waals surface area (Å²) in [7, 11) is 0. The molecular weight excluding hydrogens is 282 g/mol. The van der Waals surface area contributed by atoms with Crippen LogP contribution < -0.4 is 10.1 Å². The van der Waals surface area contributed by atoms with Crippen LogP contribution in [-0.4, -0.2) is 12.6 Å². The van der Waals surface area contributed by atoms with Crippen molar-refractivity contribution in [2.75, 3.05) is 6.54 Å². The quantitative estimate of drug-likeness (QED) is 0.830. The van der Waals surface area contributed by atoms with E-state index in [1.54, 1.807) is 0 Å². The molecule has 2 nitrogen and oxygen atoms in total. The maximum absolute atomic E-state index is 6.17. The van der Waals surface area contributed by atoms with Crippen LogP contribution >= 0.6 is 11.6 Å². The molecule has 0 aliphatic carbocycles. The molecule has 0 aliphatic rings. The maximum Gasteiger partial charge on any atom is 0.138 e. The molecule has 0 spiro atoms. The van der Waals surface area contributed by atoms with E-state index >= 15 is 0 Å². The lowest BCUT2D eigenvalue weighted by Crippen LogP contribution is -2.33. The second kappa shape index (κ2) is 7.48. The Morgan fingerprint density at radius 2 is 1.76 bits per heavy atom. The van der Waals surface area contributed by atoms with Crippen LogP contribution in [-0.2, 0) is 0 Å². The van der Waals surface area contributed by atoms with E-state index in [9.17, 15) is 0 Å². The summed E-state index contributed by atoms with van der Waals surface area (Å²) < 4.78 is 6.05. The predicted molar refractivity (Wildman–Crippen MR) is 89.1 cm³/mol. The van der Waals surface area contributed by atoms with Gasteiger partial charge in [0.25, 0.3) is 0 Å². The van der Waals surface area contributed by atoms with Gasteiger partial charge in [0.1, 0.15) is 11.9 Å². The zero-order valence-corrected chi connectivity index (χ0v) is 13.5. The number of likely N-dealkylation sites (N-methyl/N-ethyl adjacent to an activating group) is 1. The number of halogens is 1. The molecule has 112 valence electrons. The monoisotopic (exact) mass is 303 g/mol. The zero-order valence-electron chi connectivity index (χ0n) is 12.8. The van der Waals surface area contributed by atoms with Gasteiger partial charge in [-0.05, 0) is 38.1 Å². The molecule has 0 aromatic heterocycles.